The molecule has 3 aromatic rings. The zero-order valence-corrected chi connectivity index (χ0v) is 12.4. The number of fused-ring (bicyclic) bond motifs is 1. The SMILES string of the molecule is OC(Cc1cccc(Br)c1)c1ccc2ccccc2n1. The van der Waals surface area contributed by atoms with Crippen molar-refractivity contribution in [1.82, 2.24) is 4.98 Å². The second kappa shape index (κ2) is 5.73. The largest absolute Gasteiger partial charge is 0.386 e. The highest BCUT2D eigenvalue weighted by Gasteiger charge is 2.11. The van der Waals surface area contributed by atoms with Gasteiger partial charge in [0.15, 0.2) is 0 Å². The molecule has 20 heavy (non-hydrogen) atoms. The Morgan fingerprint density at radius 1 is 1.00 bits per heavy atom. The van der Waals surface area contributed by atoms with Crippen LogP contribution in [-0.2, 0) is 6.42 Å². The summed E-state index contributed by atoms with van der Waals surface area (Å²) in [6.07, 6.45) is -0.0287. The van der Waals surface area contributed by atoms with Crippen LogP contribution in [0.5, 0.6) is 0 Å². The van der Waals surface area contributed by atoms with Gasteiger partial charge in [-0.25, -0.2) is 0 Å². The van der Waals surface area contributed by atoms with Crippen molar-refractivity contribution in [2.24, 2.45) is 0 Å². The maximum Gasteiger partial charge on any atom is 0.1000 e. The maximum absolute atomic E-state index is 10.3. The minimum absolute atomic E-state index is 0.560. The molecule has 0 aliphatic carbocycles. The summed E-state index contributed by atoms with van der Waals surface area (Å²) in [6.45, 7) is 0. The molecule has 1 heterocycles. The Kier molecular flexibility index (Phi) is 3.81. The van der Waals surface area contributed by atoms with E-state index in [2.05, 4.69) is 20.9 Å². The molecule has 100 valence electrons. The molecule has 3 rings (SSSR count). The van der Waals surface area contributed by atoms with Gasteiger partial charge in [-0.05, 0) is 29.8 Å². The highest BCUT2D eigenvalue weighted by atomic mass is 79.9. The first kappa shape index (κ1) is 13.3. The van der Waals surface area contributed by atoms with Crippen LogP contribution in [0.15, 0.2) is 65.1 Å². The summed E-state index contributed by atoms with van der Waals surface area (Å²) in [7, 11) is 0. The molecule has 0 aliphatic rings. The predicted octanol–water partition coefficient (Wildman–Crippen LogP) is 4.27. The number of hydrogen-bond donors (Lipinski definition) is 1. The smallest absolute Gasteiger partial charge is 0.1000 e. The van der Waals surface area contributed by atoms with Gasteiger partial charge in [0.05, 0.1) is 17.3 Å². The van der Waals surface area contributed by atoms with Crippen molar-refractivity contribution < 1.29 is 5.11 Å². The first-order valence-corrected chi connectivity index (χ1v) is 7.30. The van der Waals surface area contributed by atoms with Gasteiger partial charge in [0.2, 0.25) is 0 Å². The highest BCUT2D eigenvalue weighted by molar-refractivity contribution is 9.10. The van der Waals surface area contributed by atoms with E-state index in [-0.39, 0.29) is 0 Å². The van der Waals surface area contributed by atoms with E-state index in [1.54, 1.807) is 0 Å². The van der Waals surface area contributed by atoms with Gasteiger partial charge in [0.1, 0.15) is 0 Å². The number of nitrogens with zero attached hydrogens (tertiary/aromatic N) is 1. The highest BCUT2D eigenvalue weighted by Crippen LogP contribution is 2.21. The Balaban J connectivity index is 1.86. The van der Waals surface area contributed by atoms with Crippen molar-refractivity contribution in [2.45, 2.75) is 12.5 Å². The zero-order valence-electron chi connectivity index (χ0n) is 10.8. The average Bonchev–Trinajstić information content (AvgIpc) is 2.47. The van der Waals surface area contributed by atoms with E-state index >= 15 is 0 Å². The Morgan fingerprint density at radius 2 is 1.85 bits per heavy atom. The molecule has 1 atom stereocenters. The molecule has 1 unspecified atom stereocenters. The summed E-state index contributed by atoms with van der Waals surface area (Å²) in [5.41, 5.74) is 2.71. The number of para-hydroxylation sites is 1. The summed E-state index contributed by atoms with van der Waals surface area (Å²) in [5.74, 6) is 0. The molecule has 2 nitrogen and oxygen atoms in total. The van der Waals surface area contributed by atoms with Crippen molar-refractivity contribution >= 4 is 26.8 Å². The van der Waals surface area contributed by atoms with E-state index in [0.29, 0.717) is 12.1 Å². The molecular formula is C17H14BrNO. The molecule has 3 heteroatoms. The van der Waals surface area contributed by atoms with Crippen LogP contribution in [0.3, 0.4) is 0 Å². The predicted molar refractivity (Wildman–Crippen MR) is 84.5 cm³/mol. The summed E-state index contributed by atoms with van der Waals surface area (Å²) < 4.78 is 1.02. The fourth-order valence-corrected chi connectivity index (χ4v) is 2.71. The number of aliphatic hydroxyl groups excluding tert-OH is 1. The van der Waals surface area contributed by atoms with Crippen LogP contribution in [-0.4, -0.2) is 10.1 Å². The number of halogens is 1. The van der Waals surface area contributed by atoms with Gasteiger partial charge in [-0.3, -0.25) is 4.98 Å². The Hall–Kier alpha value is -1.71. The molecule has 0 saturated heterocycles. The fraction of sp³-hybridized carbons (Fsp3) is 0.118. The Labute approximate surface area is 126 Å². The summed E-state index contributed by atoms with van der Waals surface area (Å²) in [4.78, 5) is 4.53. The van der Waals surface area contributed by atoms with Crippen LogP contribution < -0.4 is 0 Å². The first-order valence-electron chi connectivity index (χ1n) is 6.50. The van der Waals surface area contributed by atoms with E-state index in [4.69, 9.17) is 0 Å². The lowest BCUT2D eigenvalue weighted by Gasteiger charge is -2.11. The van der Waals surface area contributed by atoms with Crippen LogP contribution >= 0.6 is 15.9 Å². The van der Waals surface area contributed by atoms with Crippen molar-refractivity contribution in [3.63, 3.8) is 0 Å². The average molecular weight is 328 g/mol. The van der Waals surface area contributed by atoms with Gasteiger partial charge >= 0.3 is 0 Å². The van der Waals surface area contributed by atoms with Crippen molar-refractivity contribution in [3.05, 3.63) is 76.4 Å². The topological polar surface area (TPSA) is 33.1 Å². The van der Waals surface area contributed by atoms with E-state index in [9.17, 15) is 5.11 Å². The van der Waals surface area contributed by atoms with E-state index in [0.717, 1.165) is 20.9 Å². The molecule has 0 spiro atoms. The monoisotopic (exact) mass is 327 g/mol. The second-order valence-electron chi connectivity index (χ2n) is 4.78. The number of aromatic nitrogens is 1. The summed E-state index contributed by atoms with van der Waals surface area (Å²) in [6, 6.07) is 19.8. The third kappa shape index (κ3) is 2.89. The summed E-state index contributed by atoms with van der Waals surface area (Å²) in [5, 5.41) is 11.4. The molecule has 1 aromatic heterocycles. The normalized spacial score (nSPS) is 12.5. The van der Waals surface area contributed by atoms with Crippen molar-refractivity contribution in [3.8, 4) is 0 Å². The zero-order chi connectivity index (χ0) is 13.9. The Morgan fingerprint density at radius 3 is 2.70 bits per heavy atom. The molecule has 0 fully saturated rings. The van der Waals surface area contributed by atoms with Gasteiger partial charge in [0.25, 0.3) is 0 Å². The van der Waals surface area contributed by atoms with Crippen LogP contribution in [0.1, 0.15) is 17.4 Å². The number of benzene rings is 2. The lowest BCUT2D eigenvalue weighted by molar-refractivity contribution is 0.174. The molecule has 0 radical (unpaired) electrons. The van der Waals surface area contributed by atoms with Crippen LogP contribution in [0.2, 0.25) is 0 Å². The molecule has 2 aromatic carbocycles. The lowest BCUT2D eigenvalue weighted by Crippen LogP contribution is -2.04. The molecule has 0 saturated carbocycles. The van der Waals surface area contributed by atoms with Gasteiger partial charge in [-0.1, -0.05) is 52.3 Å². The molecule has 0 aliphatic heterocycles. The van der Waals surface area contributed by atoms with Crippen LogP contribution in [0.4, 0.5) is 0 Å². The number of pyridine rings is 1. The summed E-state index contributed by atoms with van der Waals surface area (Å²) >= 11 is 3.44. The number of rotatable bonds is 3. The van der Waals surface area contributed by atoms with E-state index < -0.39 is 6.10 Å². The van der Waals surface area contributed by atoms with Gasteiger partial charge in [-0.15, -0.1) is 0 Å². The first-order chi connectivity index (χ1) is 9.72. The minimum atomic E-state index is -0.589. The molecule has 0 amide bonds. The Bertz CT molecular complexity index is 742. The maximum atomic E-state index is 10.3. The van der Waals surface area contributed by atoms with Gasteiger partial charge in [0, 0.05) is 16.3 Å². The van der Waals surface area contributed by atoms with Crippen LogP contribution in [0, 0.1) is 0 Å². The number of aliphatic hydroxyl groups is 1. The quantitative estimate of drug-likeness (QED) is 0.779. The van der Waals surface area contributed by atoms with Gasteiger partial charge in [-0.2, -0.15) is 0 Å². The van der Waals surface area contributed by atoms with Crippen LogP contribution in [0.25, 0.3) is 10.9 Å². The van der Waals surface area contributed by atoms with E-state index in [1.165, 1.54) is 0 Å². The fourth-order valence-electron chi connectivity index (χ4n) is 2.26. The minimum Gasteiger partial charge on any atom is -0.386 e. The standard InChI is InChI=1S/C17H14BrNO/c18-14-6-3-4-12(10-14)11-17(20)16-9-8-13-5-1-2-7-15(13)19-16/h1-10,17,20H,11H2. The lowest BCUT2D eigenvalue weighted by atomic mass is 10.0. The third-order valence-corrected chi connectivity index (χ3v) is 3.77. The van der Waals surface area contributed by atoms with E-state index in [1.807, 2.05) is 60.7 Å². The number of hydrogen-bond acceptors (Lipinski definition) is 2. The second-order valence-corrected chi connectivity index (χ2v) is 5.69. The van der Waals surface area contributed by atoms with Crippen molar-refractivity contribution in [2.75, 3.05) is 0 Å². The van der Waals surface area contributed by atoms with Gasteiger partial charge < -0.3 is 5.11 Å². The molecule has 0 bridgehead atoms. The molecule has 1 N–H and O–H groups in total. The molecular weight excluding hydrogens is 314 g/mol. The van der Waals surface area contributed by atoms with Crippen molar-refractivity contribution in [1.29, 1.82) is 0 Å². The third-order valence-electron chi connectivity index (χ3n) is 3.28.